The van der Waals surface area contributed by atoms with E-state index < -0.39 is 11.8 Å². The smallest absolute Gasteiger partial charge is 0.329 e. The molecule has 0 radical (unpaired) electrons. The first kappa shape index (κ1) is 26.2. The lowest BCUT2D eigenvalue weighted by Gasteiger charge is -2.13. The van der Waals surface area contributed by atoms with E-state index in [1.54, 1.807) is 12.1 Å². The summed E-state index contributed by atoms with van der Waals surface area (Å²) in [5.41, 5.74) is 4.50. The van der Waals surface area contributed by atoms with Gasteiger partial charge < -0.3 is 24.8 Å². The minimum absolute atomic E-state index is 0.0607. The molecule has 0 saturated carbocycles. The second-order valence-corrected chi connectivity index (χ2v) is 8.64. The maximum absolute atomic E-state index is 12.2. The van der Waals surface area contributed by atoms with Gasteiger partial charge in [-0.15, -0.1) is 0 Å². The van der Waals surface area contributed by atoms with Crippen LogP contribution in [0.5, 0.6) is 11.5 Å². The minimum atomic E-state index is -0.884. The number of nitrogens with zero attached hydrogens (tertiary/aromatic N) is 1. The Kier molecular flexibility index (Phi) is 9.62. The Hall–Kier alpha value is -3.44. The van der Waals surface area contributed by atoms with E-state index in [4.69, 9.17) is 14.2 Å². The average Bonchev–Trinajstić information content (AvgIpc) is 3.36. The minimum Gasteiger partial charge on any atom is -0.493 e. The Labute approximate surface area is 211 Å². The maximum Gasteiger partial charge on any atom is 0.329 e. The lowest BCUT2D eigenvalue weighted by Crippen LogP contribution is -2.41. The number of halogens is 1. The monoisotopic (exact) mass is 546 g/mol. The molecule has 1 aliphatic heterocycles. The highest BCUT2D eigenvalue weighted by Gasteiger charge is 2.19. The van der Waals surface area contributed by atoms with Crippen LogP contribution in [0.25, 0.3) is 0 Å². The molecule has 10 nitrogen and oxygen atoms in total. The van der Waals surface area contributed by atoms with E-state index in [1.165, 1.54) is 13.3 Å². The van der Waals surface area contributed by atoms with Crippen molar-refractivity contribution in [1.29, 1.82) is 0 Å². The SMILES string of the molecule is COc1cc(/C=N\NC(=O)C(=O)NC[C@@H]2CCCO2)cc(Br)c1OCC(=O)Nc1ccc(C)cc1. The van der Waals surface area contributed by atoms with Crippen molar-refractivity contribution in [2.45, 2.75) is 25.9 Å². The summed E-state index contributed by atoms with van der Waals surface area (Å²) in [5, 5.41) is 9.10. The van der Waals surface area contributed by atoms with Gasteiger partial charge in [0.15, 0.2) is 18.1 Å². The van der Waals surface area contributed by atoms with Gasteiger partial charge >= 0.3 is 11.8 Å². The zero-order valence-electron chi connectivity index (χ0n) is 19.4. The lowest BCUT2D eigenvalue weighted by molar-refractivity contribution is -0.139. The van der Waals surface area contributed by atoms with Gasteiger partial charge in [0.25, 0.3) is 5.91 Å². The van der Waals surface area contributed by atoms with Gasteiger partial charge in [0.1, 0.15) is 0 Å². The van der Waals surface area contributed by atoms with Crippen LogP contribution in [-0.2, 0) is 19.1 Å². The molecule has 186 valence electrons. The molecule has 1 atom stereocenters. The predicted octanol–water partition coefficient (Wildman–Crippen LogP) is 2.53. The predicted molar refractivity (Wildman–Crippen MR) is 134 cm³/mol. The van der Waals surface area contributed by atoms with Crippen LogP contribution >= 0.6 is 15.9 Å². The fourth-order valence-corrected chi connectivity index (χ4v) is 3.81. The van der Waals surface area contributed by atoms with Gasteiger partial charge in [-0.05, 0) is 65.5 Å². The molecule has 3 N–H and O–H groups in total. The molecule has 0 bridgehead atoms. The number of carbonyl (C=O) groups excluding carboxylic acids is 3. The van der Waals surface area contributed by atoms with Crippen molar-refractivity contribution in [2.75, 3.05) is 32.2 Å². The van der Waals surface area contributed by atoms with Gasteiger partial charge in [-0.3, -0.25) is 14.4 Å². The van der Waals surface area contributed by atoms with Crippen molar-refractivity contribution >= 4 is 45.6 Å². The van der Waals surface area contributed by atoms with E-state index in [1.807, 2.05) is 31.2 Å². The van der Waals surface area contributed by atoms with Crippen molar-refractivity contribution < 1.29 is 28.6 Å². The Morgan fingerprint density at radius 2 is 1.97 bits per heavy atom. The third kappa shape index (κ3) is 8.08. The van der Waals surface area contributed by atoms with Crippen LogP contribution in [0, 0.1) is 6.92 Å². The van der Waals surface area contributed by atoms with Crippen LogP contribution < -0.4 is 25.5 Å². The lowest BCUT2D eigenvalue weighted by atomic mass is 10.2. The van der Waals surface area contributed by atoms with Gasteiger partial charge in [0, 0.05) is 18.8 Å². The summed E-state index contributed by atoms with van der Waals surface area (Å²) in [6.07, 6.45) is 3.09. The molecule has 0 aromatic heterocycles. The molecule has 0 aliphatic carbocycles. The first-order chi connectivity index (χ1) is 16.9. The van der Waals surface area contributed by atoms with Gasteiger partial charge in [0.2, 0.25) is 0 Å². The molecule has 1 saturated heterocycles. The number of anilines is 1. The number of hydrazone groups is 1. The number of nitrogens with one attached hydrogen (secondary N) is 3. The summed E-state index contributed by atoms with van der Waals surface area (Å²) in [7, 11) is 1.46. The fraction of sp³-hybridized carbons (Fsp3) is 0.333. The Morgan fingerprint density at radius 3 is 2.66 bits per heavy atom. The number of rotatable bonds is 9. The number of benzene rings is 2. The Morgan fingerprint density at radius 1 is 1.20 bits per heavy atom. The van der Waals surface area contributed by atoms with E-state index in [9.17, 15) is 14.4 Å². The van der Waals surface area contributed by atoms with Gasteiger partial charge in [-0.1, -0.05) is 17.7 Å². The number of carbonyl (C=O) groups is 3. The summed E-state index contributed by atoms with van der Waals surface area (Å²) < 4.78 is 16.9. The molecule has 3 amide bonds. The van der Waals surface area contributed by atoms with Gasteiger partial charge in [0.05, 0.1) is 23.9 Å². The van der Waals surface area contributed by atoms with Crippen LogP contribution in [-0.4, -0.2) is 56.9 Å². The van der Waals surface area contributed by atoms with E-state index in [2.05, 4.69) is 37.1 Å². The first-order valence-electron chi connectivity index (χ1n) is 11.0. The summed E-state index contributed by atoms with van der Waals surface area (Å²) in [6.45, 7) is 2.68. The van der Waals surface area contributed by atoms with Crippen LogP contribution in [0.3, 0.4) is 0 Å². The second-order valence-electron chi connectivity index (χ2n) is 7.78. The van der Waals surface area contributed by atoms with Crippen molar-refractivity contribution in [3.8, 4) is 11.5 Å². The highest BCUT2D eigenvalue weighted by molar-refractivity contribution is 9.10. The summed E-state index contributed by atoms with van der Waals surface area (Å²) in [6, 6.07) is 10.7. The first-order valence-corrected chi connectivity index (χ1v) is 11.7. The molecular formula is C24H27BrN4O6. The molecule has 1 fully saturated rings. The van der Waals surface area contributed by atoms with Gasteiger partial charge in [-0.2, -0.15) is 5.10 Å². The van der Waals surface area contributed by atoms with Crippen molar-refractivity contribution in [3.63, 3.8) is 0 Å². The molecule has 0 spiro atoms. The highest BCUT2D eigenvalue weighted by Crippen LogP contribution is 2.36. The zero-order valence-corrected chi connectivity index (χ0v) is 21.0. The summed E-state index contributed by atoms with van der Waals surface area (Å²) in [4.78, 5) is 36.0. The number of amides is 3. The number of aryl methyl sites for hydroxylation is 1. The molecular weight excluding hydrogens is 520 g/mol. The number of ether oxygens (including phenoxy) is 3. The molecule has 2 aromatic carbocycles. The van der Waals surface area contributed by atoms with E-state index >= 15 is 0 Å². The molecule has 1 aliphatic rings. The Bertz CT molecular complexity index is 1080. The van der Waals surface area contributed by atoms with Crippen LogP contribution in [0.15, 0.2) is 46.0 Å². The molecule has 35 heavy (non-hydrogen) atoms. The topological polar surface area (TPSA) is 127 Å². The number of hydrogen-bond donors (Lipinski definition) is 3. The van der Waals surface area contributed by atoms with Crippen molar-refractivity contribution in [1.82, 2.24) is 10.7 Å². The summed E-state index contributed by atoms with van der Waals surface area (Å²) in [5.74, 6) is -1.31. The van der Waals surface area contributed by atoms with Crippen LogP contribution in [0.2, 0.25) is 0 Å². The molecule has 2 aromatic rings. The normalized spacial score (nSPS) is 15.0. The van der Waals surface area contributed by atoms with Gasteiger partial charge in [-0.25, -0.2) is 5.43 Å². The van der Waals surface area contributed by atoms with E-state index in [0.29, 0.717) is 33.8 Å². The second kappa shape index (κ2) is 12.9. The highest BCUT2D eigenvalue weighted by atomic mass is 79.9. The van der Waals surface area contributed by atoms with E-state index in [-0.39, 0.29) is 25.2 Å². The average molecular weight is 547 g/mol. The van der Waals surface area contributed by atoms with Crippen molar-refractivity contribution in [3.05, 3.63) is 52.0 Å². The van der Waals surface area contributed by atoms with Crippen molar-refractivity contribution in [2.24, 2.45) is 5.10 Å². The third-order valence-corrected chi connectivity index (χ3v) is 5.62. The number of hydrogen-bond acceptors (Lipinski definition) is 7. The largest absolute Gasteiger partial charge is 0.493 e. The molecule has 1 heterocycles. The maximum atomic E-state index is 12.2. The third-order valence-electron chi connectivity index (χ3n) is 5.03. The standard InChI is InChI=1S/C24H27BrN4O6/c1-15-5-7-17(8-6-15)28-21(30)14-35-22-19(25)10-16(11-20(22)33-2)12-27-29-24(32)23(31)26-13-18-4-3-9-34-18/h5-8,10-12,18H,3-4,9,13-14H2,1-2H3,(H,26,31)(H,28,30)(H,29,32)/b27-12-/t18-/m0/s1. The zero-order chi connectivity index (χ0) is 25.2. The molecule has 0 unspecified atom stereocenters. The fourth-order valence-electron chi connectivity index (χ4n) is 3.23. The van der Waals surface area contributed by atoms with Crippen LogP contribution in [0.1, 0.15) is 24.0 Å². The Balaban J connectivity index is 1.52. The molecule has 11 heteroatoms. The molecule has 3 rings (SSSR count). The van der Waals surface area contributed by atoms with Crippen LogP contribution in [0.4, 0.5) is 5.69 Å². The number of methoxy groups -OCH3 is 1. The summed E-state index contributed by atoms with van der Waals surface area (Å²) >= 11 is 3.40. The quantitative estimate of drug-likeness (QED) is 0.252. The van der Waals surface area contributed by atoms with E-state index in [0.717, 1.165) is 18.4 Å².